The first kappa shape index (κ1) is 13.6. The van der Waals surface area contributed by atoms with E-state index in [1.54, 1.807) is 45.0 Å². The summed E-state index contributed by atoms with van der Waals surface area (Å²) < 4.78 is 7.38. The molecule has 0 saturated heterocycles. The first-order valence-electron chi connectivity index (χ1n) is 5.91. The lowest BCUT2D eigenvalue weighted by Crippen LogP contribution is -2.59. The molecule has 2 aromatic rings. The van der Waals surface area contributed by atoms with Crippen molar-refractivity contribution in [3.05, 3.63) is 30.5 Å². The van der Waals surface area contributed by atoms with Crippen molar-refractivity contribution in [2.75, 3.05) is 0 Å². The zero-order chi connectivity index (χ0) is 14.2. The van der Waals surface area contributed by atoms with Crippen molar-refractivity contribution in [1.29, 1.82) is 0 Å². The van der Waals surface area contributed by atoms with E-state index in [1.807, 2.05) is 0 Å². The number of carbonyl (C=O) groups excluding carboxylic acids is 1. The second kappa shape index (κ2) is 4.67. The van der Waals surface area contributed by atoms with E-state index in [-0.39, 0.29) is 0 Å². The van der Waals surface area contributed by atoms with Crippen LogP contribution in [0.15, 0.2) is 30.5 Å². The van der Waals surface area contributed by atoms with Crippen LogP contribution >= 0.6 is 0 Å². The second-order valence-electron chi connectivity index (χ2n) is 5.21. The summed E-state index contributed by atoms with van der Waals surface area (Å²) in [5.74, 6) is 0. The van der Waals surface area contributed by atoms with Crippen LogP contribution < -0.4 is 4.59 Å². The molecule has 0 unspecified atom stereocenters. The molecule has 0 radical (unpaired) electrons. The lowest BCUT2D eigenvalue weighted by Gasteiger charge is -2.18. The maximum absolute atomic E-state index is 12.2. The minimum atomic E-state index is -1.82. The van der Waals surface area contributed by atoms with Gasteiger partial charge in [-0.25, -0.2) is 4.79 Å². The van der Waals surface area contributed by atoms with Crippen LogP contribution in [-0.2, 0) is 4.74 Å². The number of rotatable bonds is 1. The summed E-state index contributed by atoms with van der Waals surface area (Å²) in [4.78, 5) is 12.2. The van der Waals surface area contributed by atoms with Gasteiger partial charge in [0.15, 0.2) is 6.20 Å². The summed E-state index contributed by atoms with van der Waals surface area (Å²) >= 11 is 0. The molecule has 7 heteroatoms. The van der Waals surface area contributed by atoms with E-state index < -0.39 is 18.9 Å². The van der Waals surface area contributed by atoms with Crippen LogP contribution in [0, 0.1) is 0 Å². The molecule has 0 spiro atoms. The van der Waals surface area contributed by atoms with Crippen LogP contribution in [-0.4, -0.2) is 33.7 Å². The zero-order valence-electron chi connectivity index (χ0n) is 11.1. The van der Waals surface area contributed by atoms with Crippen molar-refractivity contribution in [3.63, 3.8) is 0 Å². The Hall–Kier alpha value is -1.86. The number of fused-ring (bicyclic) bond motifs is 1. The van der Waals surface area contributed by atoms with E-state index in [9.17, 15) is 14.8 Å². The Morgan fingerprint density at radius 2 is 1.95 bits per heavy atom. The summed E-state index contributed by atoms with van der Waals surface area (Å²) in [5, 5.41) is 19.4. The van der Waals surface area contributed by atoms with Gasteiger partial charge in [-0.15, -0.1) is 4.59 Å². The van der Waals surface area contributed by atoms with Crippen molar-refractivity contribution in [3.8, 4) is 0 Å². The summed E-state index contributed by atoms with van der Waals surface area (Å²) in [6.45, 7) is 5.24. The predicted molar refractivity (Wildman–Crippen MR) is 69.4 cm³/mol. The monoisotopic (exact) mass is 263 g/mol. The number of aromatic nitrogens is 2. The average molecular weight is 263 g/mol. The number of hydrogen-bond acceptors (Lipinski definition) is 4. The Bertz CT molecular complexity index is 616. The maximum Gasteiger partial charge on any atom is 0.868 e. The van der Waals surface area contributed by atoms with Gasteiger partial charge in [0.25, 0.3) is 0 Å². The van der Waals surface area contributed by atoms with Crippen molar-refractivity contribution in [1.82, 2.24) is 4.68 Å². The smallest absolute Gasteiger partial charge is 0.440 e. The van der Waals surface area contributed by atoms with Gasteiger partial charge in [0.2, 0.25) is 0 Å². The number of benzene rings is 1. The molecule has 0 amide bonds. The fourth-order valence-corrected chi connectivity index (χ4v) is 1.78. The molecule has 19 heavy (non-hydrogen) atoms. The van der Waals surface area contributed by atoms with Crippen molar-refractivity contribution in [2.45, 2.75) is 26.4 Å². The number of hydrogen-bond donors (Lipinski definition) is 2. The minimum absolute atomic E-state index is 0.546. The molecule has 1 heterocycles. The fourth-order valence-electron chi connectivity index (χ4n) is 1.78. The molecule has 1 aromatic carbocycles. The van der Waals surface area contributed by atoms with Gasteiger partial charge in [-0.1, -0.05) is 16.8 Å². The Kier molecular flexibility index (Phi) is 3.34. The Labute approximate surface area is 111 Å². The first-order valence-corrected chi connectivity index (χ1v) is 5.91. The fraction of sp³-hybridized carbons (Fsp3) is 0.333. The van der Waals surface area contributed by atoms with Crippen LogP contribution in [0.3, 0.4) is 0 Å². The van der Waals surface area contributed by atoms with Crippen LogP contribution in [0.2, 0.25) is 0 Å². The Morgan fingerprint density at radius 3 is 2.53 bits per heavy atom. The third-order valence-electron chi connectivity index (χ3n) is 2.47. The summed E-state index contributed by atoms with van der Waals surface area (Å²) in [6.07, 6.45) is 0.811. The number of carbonyl (C=O) groups is 1. The van der Waals surface area contributed by atoms with E-state index >= 15 is 0 Å². The molecule has 0 atom stereocenters. The summed E-state index contributed by atoms with van der Waals surface area (Å²) in [7, 11) is -1.82. The minimum Gasteiger partial charge on any atom is -0.440 e. The quantitative estimate of drug-likeness (QED) is 0.736. The highest BCUT2D eigenvalue weighted by molar-refractivity contribution is 6.30. The van der Waals surface area contributed by atoms with E-state index in [1.165, 1.54) is 6.20 Å². The van der Waals surface area contributed by atoms with E-state index in [4.69, 9.17) is 4.74 Å². The van der Waals surface area contributed by atoms with Gasteiger partial charge in [-0.05, 0) is 32.9 Å². The van der Waals surface area contributed by atoms with Crippen LogP contribution in [0.5, 0.6) is 0 Å². The predicted octanol–water partition coefficient (Wildman–Crippen LogP) is 0.530. The third-order valence-corrected chi connectivity index (χ3v) is 2.47. The molecular formula is C12H16BN2O4+. The first-order chi connectivity index (χ1) is 8.79. The summed E-state index contributed by atoms with van der Waals surface area (Å²) in [6, 6.07) is 7.04. The molecule has 100 valence electrons. The van der Waals surface area contributed by atoms with Crippen LogP contribution in [0.1, 0.15) is 20.8 Å². The number of nitrogens with zero attached hydrogens (tertiary/aromatic N) is 2. The number of para-hydroxylation sites is 1. The van der Waals surface area contributed by atoms with Crippen molar-refractivity contribution >= 4 is 24.2 Å². The maximum atomic E-state index is 12.2. The molecule has 1 aromatic heterocycles. The average Bonchev–Trinajstić information content (AvgIpc) is 2.65. The molecule has 0 aliphatic carbocycles. The van der Waals surface area contributed by atoms with Crippen molar-refractivity contribution < 1.29 is 24.2 Å². The number of ether oxygens (including phenoxy) is 1. The van der Waals surface area contributed by atoms with Crippen molar-refractivity contribution in [2.24, 2.45) is 0 Å². The zero-order valence-corrected chi connectivity index (χ0v) is 11.1. The molecule has 0 bridgehead atoms. The van der Waals surface area contributed by atoms with Gasteiger partial charge in [0, 0.05) is 0 Å². The summed E-state index contributed by atoms with van der Waals surface area (Å²) in [5.41, 5.74) is -0.120. The molecule has 2 rings (SSSR count). The standard InChI is InChI=1S/C12H16BN2O4/c1-12(2,3)19-11(16)15-10-7-5-4-6-9(10)8-14(15)13(17)18/h4-8,17-18H,1-3H3/q+1. The van der Waals surface area contributed by atoms with Crippen LogP contribution in [0.4, 0.5) is 4.79 Å². The second-order valence-corrected chi connectivity index (χ2v) is 5.21. The molecule has 2 N–H and O–H groups in total. The lowest BCUT2D eigenvalue weighted by molar-refractivity contribution is -0.638. The normalized spacial score (nSPS) is 11.6. The van der Waals surface area contributed by atoms with Gasteiger partial charge in [-0.2, -0.15) is 0 Å². The van der Waals surface area contributed by atoms with Gasteiger partial charge in [0.1, 0.15) is 11.1 Å². The van der Waals surface area contributed by atoms with E-state index in [0.29, 0.717) is 10.9 Å². The van der Waals surface area contributed by atoms with Gasteiger partial charge < -0.3 is 14.8 Å². The highest BCUT2D eigenvalue weighted by Crippen LogP contribution is 2.14. The molecule has 0 aliphatic heterocycles. The highest BCUT2D eigenvalue weighted by Gasteiger charge is 2.36. The highest BCUT2D eigenvalue weighted by atomic mass is 16.6. The molecule has 0 aliphatic rings. The Balaban J connectivity index is 2.56. The molecule has 0 fully saturated rings. The van der Waals surface area contributed by atoms with Crippen LogP contribution in [0.25, 0.3) is 10.9 Å². The molecule has 0 saturated carbocycles. The SMILES string of the molecule is CC(C)(C)OC(=O)n1c2ccccc2c[n+]1B(O)O. The van der Waals surface area contributed by atoms with E-state index in [2.05, 4.69) is 0 Å². The Morgan fingerprint density at radius 1 is 1.32 bits per heavy atom. The molecule has 6 nitrogen and oxygen atoms in total. The topological polar surface area (TPSA) is 75.6 Å². The third kappa shape index (κ3) is 2.77. The van der Waals surface area contributed by atoms with Gasteiger partial charge in [-0.3, -0.25) is 0 Å². The van der Waals surface area contributed by atoms with E-state index in [0.717, 1.165) is 9.27 Å². The van der Waals surface area contributed by atoms with Gasteiger partial charge in [0.05, 0.1) is 5.39 Å². The van der Waals surface area contributed by atoms with Gasteiger partial charge >= 0.3 is 13.3 Å². The molecular weight excluding hydrogens is 247 g/mol. The largest absolute Gasteiger partial charge is 0.868 e. The lowest BCUT2D eigenvalue weighted by atomic mass is 10.2.